The summed E-state index contributed by atoms with van der Waals surface area (Å²) >= 11 is 5.96. The molecule has 4 nitrogen and oxygen atoms in total. The standard InChI is InChI=1S/C15H21ClN2O2/c1-11(18-7-3-2-4-8-18)10-17-12-5-6-13(15(19)20)14(16)9-12/h5-6,9,11,17H,2-4,7-8,10H2,1H3,(H,19,20). The number of aromatic carboxylic acids is 1. The number of anilines is 1. The van der Waals surface area contributed by atoms with Crippen molar-refractivity contribution in [3.05, 3.63) is 28.8 Å². The molecule has 0 spiro atoms. The van der Waals surface area contributed by atoms with Gasteiger partial charge < -0.3 is 10.4 Å². The van der Waals surface area contributed by atoms with Crippen LogP contribution in [0.15, 0.2) is 18.2 Å². The molecule has 20 heavy (non-hydrogen) atoms. The van der Waals surface area contributed by atoms with Crippen molar-refractivity contribution in [1.82, 2.24) is 4.90 Å². The average molecular weight is 297 g/mol. The molecular formula is C15H21ClN2O2. The quantitative estimate of drug-likeness (QED) is 0.875. The van der Waals surface area contributed by atoms with E-state index in [1.54, 1.807) is 18.2 Å². The molecule has 0 amide bonds. The number of hydrogen-bond donors (Lipinski definition) is 2. The molecule has 1 unspecified atom stereocenters. The first-order chi connectivity index (χ1) is 9.58. The molecule has 0 bridgehead atoms. The smallest absolute Gasteiger partial charge is 0.337 e. The number of carboxylic acid groups (broad SMARTS) is 1. The van der Waals surface area contributed by atoms with Gasteiger partial charge in [0.15, 0.2) is 0 Å². The van der Waals surface area contributed by atoms with E-state index in [2.05, 4.69) is 17.1 Å². The molecule has 0 saturated carbocycles. The summed E-state index contributed by atoms with van der Waals surface area (Å²) in [7, 11) is 0. The molecule has 110 valence electrons. The summed E-state index contributed by atoms with van der Waals surface area (Å²) in [6, 6.07) is 5.44. The second kappa shape index (κ2) is 6.95. The minimum Gasteiger partial charge on any atom is -0.478 e. The van der Waals surface area contributed by atoms with Gasteiger partial charge in [0.1, 0.15) is 0 Å². The van der Waals surface area contributed by atoms with E-state index >= 15 is 0 Å². The van der Waals surface area contributed by atoms with Gasteiger partial charge in [0.2, 0.25) is 0 Å². The van der Waals surface area contributed by atoms with Crippen molar-refractivity contribution in [3.8, 4) is 0 Å². The first kappa shape index (κ1) is 15.1. The van der Waals surface area contributed by atoms with Gasteiger partial charge in [0, 0.05) is 18.3 Å². The lowest BCUT2D eigenvalue weighted by molar-refractivity contribution is 0.0697. The van der Waals surface area contributed by atoms with Crippen molar-refractivity contribution in [2.75, 3.05) is 25.0 Å². The topological polar surface area (TPSA) is 52.6 Å². The third kappa shape index (κ3) is 3.87. The molecule has 1 aromatic rings. The van der Waals surface area contributed by atoms with Gasteiger partial charge in [-0.1, -0.05) is 18.0 Å². The Morgan fingerprint density at radius 1 is 1.40 bits per heavy atom. The summed E-state index contributed by atoms with van der Waals surface area (Å²) in [6.07, 6.45) is 3.90. The lowest BCUT2D eigenvalue weighted by Gasteiger charge is -2.32. The van der Waals surface area contributed by atoms with Crippen molar-refractivity contribution in [1.29, 1.82) is 0 Å². The summed E-state index contributed by atoms with van der Waals surface area (Å²) in [5, 5.41) is 12.5. The minimum atomic E-state index is -0.997. The normalized spacial score (nSPS) is 17.7. The molecule has 1 atom stereocenters. The molecule has 0 aliphatic carbocycles. The maximum absolute atomic E-state index is 10.9. The number of piperidine rings is 1. The zero-order valence-corrected chi connectivity index (χ0v) is 12.5. The van der Waals surface area contributed by atoms with Crippen molar-refractivity contribution in [3.63, 3.8) is 0 Å². The number of rotatable bonds is 5. The van der Waals surface area contributed by atoms with Crippen LogP contribution in [0.1, 0.15) is 36.5 Å². The van der Waals surface area contributed by atoms with Gasteiger partial charge in [-0.3, -0.25) is 4.90 Å². The summed E-state index contributed by atoms with van der Waals surface area (Å²) in [4.78, 5) is 13.4. The van der Waals surface area contributed by atoms with Crippen LogP contribution in [0.3, 0.4) is 0 Å². The van der Waals surface area contributed by atoms with Gasteiger partial charge in [-0.15, -0.1) is 0 Å². The maximum Gasteiger partial charge on any atom is 0.337 e. The molecule has 0 aromatic heterocycles. The summed E-state index contributed by atoms with van der Waals surface area (Å²) in [6.45, 7) is 5.39. The van der Waals surface area contributed by atoms with E-state index in [1.807, 2.05) is 0 Å². The highest BCUT2D eigenvalue weighted by Gasteiger charge is 2.16. The van der Waals surface area contributed by atoms with Crippen LogP contribution >= 0.6 is 11.6 Å². The zero-order valence-electron chi connectivity index (χ0n) is 11.7. The molecule has 1 fully saturated rings. The number of hydrogen-bond acceptors (Lipinski definition) is 3. The van der Waals surface area contributed by atoms with Gasteiger partial charge in [-0.2, -0.15) is 0 Å². The van der Waals surface area contributed by atoms with Crippen molar-refractivity contribution in [2.24, 2.45) is 0 Å². The number of nitrogens with one attached hydrogen (secondary N) is 1. The van der Waals surface area contributed by atoms with Crippen LogP contribution in [0.2, 0.25) is 5.02 Å². The Morgan fingerprint density at radius 2 is 2.10 bits per heavy atom. The number of carboxylic acids is 1. The van der Waals surface area contributed by atoms with Crippen LogP contribution in [0.4, 0.5) is 5.69 Å². The maximum atomic E-state index is 10.9. The predicted molar refractivity (Wildman–Crippen MR) is 81.8 cm³/mol. The molecular weight excluding hydrogens is 276 g/mol. The van der Waals surface area contributed by atoms with Gasteiger partial charge >= 0.3 is 5.97 Å². The number of halogens is 1. The van der Waals surface area contributed by atoms with Crippen LogP contribution in [-0.4, -0.2) is 41.7 Å². The van der Waals surface area contributed by atoms with Crippen molar-refractivity contribution >= 4 is 23.3 Å². The molecule has 1 aliphatic rings. The third-order valence-electron chi connectivity index (χ3n) is 3.82. The minimum absolute atomic E-state index is 0.140. The van der Waals surface area contributed by atoms with Crippen LogP contribution in [0.25, 0.3) is 0 Å². The fourth-order valence-corrected chi connectivity index (χ4v) is 2.81. The highest BCUT2D eigenvalue weighted by molar-refractivity contribution is 6.33. The molecule has 2 rings (SSSR count). The zero-order chi connectivity index (χ0) is 14.5. The molecule has 2 N–H and O–H groups in total. The molecule has 0 radical (unpaired) electrons. The van der Waals surface area contributed by atoms with Gasteiger partial charge in [-0.25, -0.2) is 4.79 Å². The Labute approximate surface area is 124 Å². The molecule has 5 heteroatoms. The van der Waals surface area contributed by atoms with Crippen LogP contribution in [0.5, 0.6) is 0 Å². The van der Waals surface area contributed by atoms with Crippen LogP contribution in [-0.2, 0) is 0 Å². The average Bonchev–Trinajstić information content (AvgIpc) is 2.45. The number of nitrogens with zero attached hydrogens (tertiary/aromatic N) is 1. The van der Waals surface area contributed by atoms with E-state index in [0.29, 0.717) is 6.04 Å². The van der Waals surface area contributed by atoms with E-state index in [4.69, 9.17) is 16.7 Å². The highest BCUT2D eigenvalue weighted by Crippen LogP contribution is 2.21. The predicted octanol–water partition coefficient (Wildman–Crippen LogP) is 3.32. The SMILES string of the molecule is CC(CNc1ccc(C(=O)O)c(Cl)c1)N1CCCCC1. The van der Waals surface area contributed by atoms with E-state index in [1.165, 1.54) is 32.4 Å². The van der Waals surface area contributed by atoms with Gasteiger partial charge in [0.25, 0.3) is 0 Å². The van der Waals surface area contributed by atoms with E-state index < -0.39 is 5.97 Å². The van der Waals surface area contributed by atoms with E-state index in [-0.39, 0.29) is 10.6 Å². The largest absolute Gasteiger partial charge is 0.478 e. The van der Waals surface area contributed by atoms with Gasteiger partial charge in [-0.05, 0) is 51.1 Å². The molecule has 1 aliphatic heterocycles. The van der Waals surface area contributed by atoms with Crippen LogP contribution in [0, 0.1) is 0 Å². The highest BCUT2D eigenvalue weighted by atomic mass is 35.5. The Morgan fingerprint density at radius 3 is 2.70 bits per heavy atom. The first-order valence-corrected chi connectivity index (χ1v) is 7.46. The molecule has 1 saturated heterocycles. The Balaban J connectivity index is 1.90. The summed E-state index contributed by atoms with van der Waals surface area (Å²) in [5.74, 6) is -0.997. The Bertz CT molecular complexity index is 473. The van der Waals surface area contributed by atoms with Crippen molar-refractivity contribution < 1.29 is 9.90 Å². The second-order valence-electron chi connectivity index (χ2n) is 5.33. The summed E-state index contributed by atoms with van der Waals surface area (Å²) < 4.78 is 0. The molecule has 1 aromatic carbocycles. The first-order valence-electron chi connectivity index (χ1n) is 7.08. The van der Waals surface area contributed by atoms with Gasteiger partial charge in [0.05, 0.1) is 10.6 Å². The Hall–Kier alpha value is -1.26. The number of benzene rings is 1. The summed E-state index contributed by atoms with van der Waals surface area (Å²) in [5.41, 5.74) is 1.00. The van der Waals surface area contributed by atoms with Crippen LogP contribution < -0.4 is 5.32 Å². The monoisotopic (exact) mass is 296 g/mol. The van der Waals surface area contributed by atoms with E-state index in [9.17, 15) is 4.79 Å². The second-order valence-corrected chi connectivity index (χ2v) is 5.73. The molecule has 1 heterocycles. The van der Waals surface area contributed by atoms with Crippen molar-refractivity contribution in [2.45, 2.75) is 32.2 Å². The fourth-order valence-electron chi connectivity index (χ4n) is 2.55. The van der Waals surface area contributed by atoms with E-state index in [0.717, 1.165) is 12.2 Å². The Kier molecular flexibility index (Phi) is 5.26. The third-order valence-corrected chi connectivity index (χ3v) is 4.13. The lowest BCUT2D eigenvalue weighted by Crippen LogP contribution is -2.41. The lowest BCUT2D eigenvalue weighted by atomic mass is 10.1. The number of carbonyl (C=O) groups is 1. The fraction of sp³-hybridized carbons (Fsp3) is 0.533. The number of likely N-dealkylation sites (tertiary alicyclic amines) is 1.